The van der Waals surface area contributed by atoms with Crippen LogP contribution in [0.3, 0.4) is 0 Å². The summed E-state index contributed by atoms with van der Waals surface area (Å²) in [6, 6.07) is 5.29. The number of hydrogen-bond acceptors (Lipinski definition) is 4. The predicted octanol–water partition coefficient (Wildman–Crippen LogP) is 3.05. The monoisotopic (exact) mass is 321 g/mol. The van der Waals surface area contributed by atoms with Crippen molar-refractivity contribution in [1.29, 1.82) is 5.26 Å². The summed E-state index contributed by atoms with van der Waals surface area (Å²) in [7, 11) is 1.83. The Morgan fingerprint density at radius 3 is 2.74 bits per heavy atom. The van der Waals surface area contributed by atoms with Crippen LogP contribution in [0, 0.1) is 11.3 Å². The molecule has 0 unspecified atom stereocenters. The lowest BCUT2D eigenvalue weighted by Crippen LogP contribution is -2.25. The third-order valence-corrected chi connectivity index (χ3v) is 4.06. The van der Waals surface area contributed by atoms with Gasteiger partial charge in [-0.2, -0.15) is 18.4 Å². The molecule has 8 heteroatoms. The van der Waals surface area contributed by atoms with E-state index in [4.69, 9.17) is 5.26 Å². The minimum Gasteiger partial charge on any atom is -0.361 e. The highest BCUT2D eigenvalue weighted by Crippen LogP contribution is 2.38. The zero-order valence-corrected chi connectivity index (χ0v) is 12.4. The number of aryl methyl sites for hydroxylation is 1. The van der Waals surface area contributed by atoms with Crippen LogP contribution in [-0.2, 0) is 13.2 Å². The minimum atomic E-state index is -4.53. The van der Waals surface area contributed by atoms with Crippen molar-refractivity contribution in [3.05, 3.63) is 41.5 Å². The Bertz CT molecular complexity index is 759. The van der Waals surface area contributed by atoms with Crippen molar-refractivity contribution in [3.63, 3.8) is 0 Å². The highest BCUT2D eigenvalue weighted by atomic mass is 19.4. The normalized spacial score (nSPS) is 18.2. The van der Waals surface area contributed by atoms with Gasteiger partial charge in [0.1, 0.15) is 6.33 Å². The van der Waals surface area contributed by atoms with Gasteiger partial charge in [-0.25, -0.2) is 0 Å². The molecule has 0 amide bonds. The zero-order valence-electron chi connectivity index (χ0n) is 12.4. The summed E-state index contributed by atoms with van der Waals surface area (Å²) in [6.45, 7) is 0.702. The maximum Gasteiger partial charge on any atom is 0.417 e. The molecule has 1 aliphatic heterocycles. The average Bonchev–Trinajstić information content (AvgIpc) is 3.13. The second-order valence-corrected chi connectivity index (χ2v) is 5.49. The Hall–Kier alpha value is -2.56. The quantitative estimate of drug-likeness (QED) is 0.853. The first kappa shape index (κ1) is 15.3. The van der Waals surface area contributed by atoms with Crippen molar-refractivity contribution >= 4 is 5.69 Å². The van der Waals surface area contributed by atoms with E-state index < -0.39 is 11.7 Å². The number of aromatic nitrogens is 3. The van der Waals surface area contributed by atoms with Gasteiger partial charge in [0.05, 0.1) is 23.2 Å². The molecule has 0 bridgehead atoms. The van der Waals surface area contributed by atoms with Crippen molar-refractivity contribution in [2.45, 2.75) is 25.1 Å². The van der Waals surface area contributed by atoms with Crippen LogP contribution in [-0.4, -0.2) is 21.3 Å². The van der Waals surface area contributed by atoms with Crippen LogP contribution in [0.25, 0.3) is 0 Å². The van der Waals surface area contributed by atoms with Gasteiger partial charge >= 0.3 is 6.18 Å². The smallest absolute Gasteiger partial charge is 0.361 e. The Morgan fingerprint density at radius 2 is 2.13 bits per heavy atom. The summed E-state index contributed by atoms with van der Waals surface area (Å²) in [6.07, 6.45) is -1.19. The van der Waals surface area contributed by atoms with Gasteiger partial charge in [-0.05, 0) is 31.0 Å². The summed E-state index contributed by atoms with van der Waals surface area (Å²) >= 11 is 0. The lowest BCUT2D eigenvalue weighted by Gasteiger charge is -2.26. The molecule has 1 aliphatic rings. The molecule has 2 aromatic rings. The van der Waals surface area contributed by atoms with Crippen LogP contribution >= 0.6 is 0 Å². The van der Waals surface area contributed by atoms with Crippen LogP contribution < -0.4 is 4.90 Å². The molecule has 1 fully saturated rings. The fourth-order valence-electron chi connectivity index (χ4n) is 2.99. The van der Waals surface area contributed by atoms with Gasteiger partial charge in [-0.15, -0.1) is 10.2 Å². The molecule has 23 heavy (non-hydrogen) atoms. The second kappa shape index (κ2) is 5.57. The van der Waals surface area contributed by atoms with Crippen LogP contribution in [0.4, 0.5) is 18.9 Å². The fraction of sp³-hybridized carbons (Fsp3) is 0.400. The maximum atomic E-state index is 12.9. The molecule has 0 N–H and O–H groups in total. The van der Waals surface area contributed by atoms with Gasteiger partial charge < -0.3 is 9.47 Å². The van der Waals surface area contributed by atoms with E-state index in [9.17, 15) is 13.2 Å². The molecule has 1 atom stereocenters. The highest BCUT2D eigenvalue weighted by molar-refractivity contribution is 5.56. The lowest BCUT2D eigenvalue weighted by atomic mass is 10.1. The molecule has 0 spiro atoms. The van der Waals surface area contributed by atoms with Crippen molar-refractivity contribution in [2.75, 3.05) is 11.4 Å². The number of halogens is 3. The molecule has 0 aliphatic carbocycles. The molecule has 5 nitrogen and oxygen atoms in total. The van der Waals surface area contributed by atoms with E-state index in [1.807, 2.05) is 11.9 Å². The number of nitrogens with zero attached hydrogens (tertiary/aromatic N) is 5. The minimum absolute atomic E-state index is 0.0502. The molecule has 2 heterocycles. The first-order chi connectivity index (χ1) is 10.9. The Morgan fingerprint density at radius 1 is 1.35 bits per heavy atom. The number of anilines is 1. The van der Waals surface area contributed by atoms with Gasteiger partial charge in [0, 0.05) is 19.3 Å². The van der Waals surface area contributed by atoms with Crippen molar-refractivity contribution in [3.8, 4) is 6.07 Å². The van der Waals surface area contributed by atoms with Gasteiger partial charge in [-0.3, -0.25) is 0 Å². The number of alkyl halides is 3. The van der Waals surface area contributed by atoms with E-state index in [0.29, 0.717) is 12.2 Å². The first-order valence-electron chi connectivity index (χ1n) is 7.13. The average molecular weight is 321 g/mol. The lowest BCUT2D eigenvalue weighted by molar-refractivity contribution is -0.137. The molecule has 1 aromatic heterocycles. The van der Waals surface area contributed by atoms with E-state index in [1.54, 1.807) is 17.0 Å². The van der Waals surface area contributed by atoms with E-state index in [2.05, 4.69) is 10.2 Å². The predicted molar refractivity (Wildman–Crippen MR) is 76.5 cm³/mol. The Balaban J connectivity index is 1.98. The van der Waals surface area contributed by atoms with Crippen LogP contribution in [0.5, 0.6) is 0 Å². The second-order valence-electron chi connectivity index (χ2n) is 5.49. The molecule has 120 valence electrons. The SMILES string of the molecule is Cn1cnnc1[C@@H]1CCCN1c1ccc(C(F)(F)F)c(C#N)c1. The van der Waals surface area contributed by atoms with E-state index in [0.717, 1.165) is 24.7 Å². The summed E-state index contributed by atoms with van der Waals surface area (Å²) in [5.41, 5.74) is -0.670. The van der Waals surface area contributed by atoms with Crippen molar-refractivity contribution < 1.29 is 13.2 Å². The zero-order chi connectivity index (χ0) is 16.6. The van der Waals surface area contributed by atoms with Gasteiger partial charge in [0.25, 0.3) is 0 Å². The largest absolute Gasteiger partial charge is 0.417 e. The molecular formula is C15H14F3N5. The van der Waals surface area contributed by atoms with Gasteiger partial charge in [-0.1, -0.05) is 0 Å². The van der Waals surface area contributed by atoms with E-state index in [1.165, 1.54) is 12.1 Å². The van der Waals surface area contributed by atoms with Crippen molar-refractivity contribution in [2.24, 2.45) is 7.05 Å². The maximum absolute atomic E-state index is 12.9. The third kappa shape index (κ3) is 2.74. The number of hydrogen-bond donors (Lipinski definition) is 0. The summed E-state index contributed by atoms with van der Waals surface area (Å²) in [5.74, 6) is 0.765. The number of benzene rings is 1. The summed E-state index contributed by atoms with van der Waals surface area (Å²) in [5, 5.41) is 17.0. The molecule has 3 rings (SSSR count). The molecular weight excluding hydrogens is 307 g/mol. The molecule has 0 saturated carbocycles. The topological polar surface area (TPSA) is 57.7 Å². The standard InChI is InChI=1S/C15H14F3N5/c1-22-9-20-21-14(22)13-3-2-6-23(13)11-4-5-12(15(16,17)18)10(7-11)8-19/h4-5,7,9,13H,2-3,6H2,1H3/t13-/m0/s1. The molecule has 1 aromatic carbocycles. The van der Waals surface area contributed by atoms with Gasteiger partial charge in [0.15, 0.2) is 5.82 Å². The van der Waals surface area contributed by atoms with Gasteiger partial charge in [0.2, 0.25) is 0 Å². The summed E-state index contributed by atoms with van der Waals surface area (Å²) < 4.78 is 40.5. The fourth-order valence-corrected chi connectivity index (χ4v) is 2.99. The van der Waals surface area contributed by atoms with E-state index in [-0.39, 0.29) is 11.6 Å². The highest BCUT2D eigenvalue weighted by Gasteiger charge is 2.35. The number of rotatable bonds is 2. The van der Waals surface area contributed by atoms with E-state index >= 15 is 0 Å². The summed E-state index contributed by atoms with van der Waals surface area (Å²) in [4.78, 5) is 1.98. The van der Waals surface area contributed by atoms with Crippen LogP contribution in [0.15, 0.2) is 24.5 Å². The number of nitriles is 1. The Kier molecular flexibility index (Phi) is 3.72. The van der Waals surface area contributed by atoms with Crippen LogP contribution in [0.1, 0.15) is 35.8 Å². The first-order valence-corrected chi connectivity index (χ1v) is 7.13. The van der Waals surface area contributed by atoms with Crippen LogP contribution in [0.2, 0.25) is 0 Å². The third-order valence-electron chi connectivity index (χ3n) is 4.06. The molecule has 0 radical (unpaired) electrons. The Labute approximate surface area is 131 Å². The molecule has 1 saturated heterocycles. The van der Waals surface area contributed by atoms with Crippen molar-refractivity contribution in [1.82, 2.24) is 14.8 Å².